The number of fused-ring (bicyclic) bond motifs is 1. The number of benzene rings is 3. The third kappa shape index (κ3) is 4.82. The summed E-state index contributed by atoms with van der Waals surface area (Å²) >= 11 is 0. The van der Waals surface area contributed by atoms with Crippen LogP contribution >= 0.6 is 0 Å². The molecule has 4 aromatic rings. The number of nitrogens with one attached hydrogen (secondary N) is 2. The Morgan fingerprint density at radius 1 is 0.875 bits per heavy atom. The van der Waals surface area contributed by atoms with E-state index in [0.717, 1.165) is 22.0 Å². The minimum atomic E-state index is -0.519. The van der Waals surface area contributed by atoms with Crippen molar-refractivity contribution in [3.8, 4) is 0 Å². The van der Waals surface area contributed by atoms with Crippen molar-refractivity contribution in [2.24, 2.45) is 12.1 Å². The van der Waals surface area contributed by atoms with Crippen LogP contribution in [0.1, 0.15) is 21.5 Å². The Morgan fingerprint density at radius 3 is 2.28 bits per heavy atom. The van der Waals surface area contributed by atoms with Crippen molar-refractivity contribution in [2.45, 2.75) is 0 Å². The first-order valence-corrected chi connectivity index (χ1v) is 10.1. The van der Waals surface area contributed by atoms with Crippen molar-refractivity contribution in [3.05, 3.63) is 114 Å². The fraction of sp³-hybridized carbons (Fsp3) is 0.0385. The first kappa shape index (κ1) is 20.8. The molecule has 0 saturated carbocycles. The lowest BCUT2D eigenvalue weighted by molar-refractivity contribution is -0.117. The highest BCUT2D eigenvalue weighted by Crippen LogP contribution is 2.18. The third-order valence-electron chi connectivity index (χ3n) is 4.94. The van der Waals surface area contributed by atoms with Gasteiger partial charge in [-0.2, -0.15) is 5.10 Å². The molecule has 6 nitrogen and oxygen atoms in total. The molecule has 0 saturated heterocycles. The fourth-order valence-electron chi connectivity index (χ4n) is 3.35. The average molecular weight is 422 g/mol. The van der Waals surface area contributed by atoms with Crippen molar-refractivity contribution in [2.75, 3.05) is 0 Å². The summed E-state index contributed by atoms with van der Waals surface area (Å²) in [4.78, 5) is 25.5. The van der Waals surface area contributed by atoms with E-state index in [4.69, 9.17) is 0 Å². The summed E-state index contributed by atoms with van der Waals surface area (Å²) in [5.41, 5.74) is 5.81. The molecule has 0 aliphatic rings. The van der Waals surface area contributed by atoms with Gasteiger partial charge in [-0.05, 0) is 29.8 Å². The smallest absolute Gasteiger partial charge is 0.287 e. The zero-order valence-corrected chi connectivity index (χ0v) is 17.5. The summed E-state index contributed by atoms with van der Waals surface area (Å²) in [5.74, 6) is -0.893. The minimum Gasteiger partial charge on any atom is -0.350 e. The van der Waals surface area contributed by atoms with Crippen LogP contribution < -0.4 is 10.7 Å². The summed E-state index contributed by atoms with van der Waals surface area (Å²) in [6.07, 6.45) is 5.15. The number of hydrogen-bond donors (Lipinski definition) is 2. The van der Waals surface area contributed by atoms with Crippen LogP contribution in [0.3, 0.4) is 0 Å². The Balaban J connectivity index is 1.55. The van der Waals surface area contributed by atoms with Gasteiger partial charge in [-0.15, -0.1) is 0 Å². The Morgan fingerprint density at radius 2 is 1.53 bits per heavy atom. The lowest BCUT2D eigenvalue weighted by atomic mass is 10.1. The Labute approximate surface area is 185 Å². The number of amides is 2. The highest BCUT2D eigenvalue weighted by molar-refractivity contribution is 6.06. The summed E-state index contributed by atoms with van der Waals surface area (Å²) < 4.78 is 2.00. The second-order valence-corrected chi connectivity index (χ2v) is 7.20. The minimum absolute atomic E-state index is 0.0973. The van der Waals surface area contributed by atoms with E-state index >= 15 is 0 Å². The molecule has 0 aliphatic heterocycles. The zero-order valence-electron chi connectivity index (χ0n) is 17.5. The van der Waals surface area contributed by atoms with E-state index in [0.29, 0.717) is 5.56 Å². The van der Waals surface area contributed by atoms with Gasteiger partial charge >= 0.3 is 0 Å². The standard InChI is InChI=1S/C26H22N4O2/c1-30-18-21(22-14-8-9-15-24(22)30)17-27-29-26(32)23(16-19-10-4-2-5-11-19)28-25(31)20-12-6-3-7-13-20/h2-18H,1H3,(H,28,31)(H,29,32)/b23-16+,27-17+. The number of aryl methyl sites for hydroxylation is 1. The van der Waals surface area contributed by atoms with Crippen LogP contribution in [0.5, 0.6) is 0 Å². The van der Waals surface area contributed by atoms with E-state index in [2.05, 4.69) is 15.8 Å². The Kier molecular flexibility index (Phi) is 6.22. The molecule has 0 aliphatic carbocycles. The highest BCUT2D eigenvalue weighted by Gasteiger charge is 2.14. The highest BCUT2D eigenvalue weighted by atomic mass is 16.2. The SMILES string of the molecule is Cn1cc(/C=N/NC(=O)/C(=C\c2ccccc2)NC(=O)c2ccccc2)c2ccccc21. The molecule has 0 fully saturated rings. The second kappa shape index (κ2) is 9.57. The molecule has 0 atom stereocenters. The van der Waals surface area contributed by atoms with Crippen molar-refractivity contribution >= 4 is 35.0 Å². The van der Waals surface area contributed by atoms with Gasteiger partial charge in [0.2, 0.25) is 0 Å². The molecule has 6 heteroatoms. The molecule has 1 aromatic heterocycles. The monoisotopic (exact) mass is 422 g/mol. The molecule has 3 aromatic carbocycles. The fourth-order valence-corrected chi connectivity index (χ4v) is 3.35. The number of aromatic nitrogens is 1. The summed E-state index contributed by atoms with van der Waals surface area (Å²) in [7, 11) is 1.96. The van der Waals surface area contributed by atoms with Gasteiger partial charge in [0, 0.05) is 35.3 Å². The topological polar surface area (TPSA) is 75.5 Å². The predicted molar refractivity (Wildman–Crippen MR) is 127 cm³/mol. The van der Waals surface area contributed by atoms with Crippen LogP contribution in [0.25, 0.3) is 17.0 Å². The van der Waals surface area contributed by atoms with Crippen LogP contribution in [0, 0.1) is 0 Å². The summed E-state index contributed by atoms with van der Waals surface area (Å²) in [6.45, 7) is 0. The van der Waals surface area contributed by atoms with Gasteiger partial charge in [-0.1, -0.05) is 66.7 Å². The van der Waals surface area contributed by atoms with Gasteiger partial charge < -0.3 is 9.88 Å². The number of para-hydroxylation sites is 1. The number of hydrazone groups is 1. The molecule has 4 rings (SSSR count). The number of carbonyl (C=O) groups is 2. The van der Waals surface area contributed by atoms with E-state index in [-0.39, 0.29) is 11.6 Å². The van der Waals surface area contributed by atoms with Gasteiger partial charge in [-0.3, -0.25) is 9.59 Å². The molecule has 0 radical (unpaired) electrons. The number of rotatable bonds is 6. The normalized spacial score (nSPS) is 11.6. The third-order valence-corrected chi connectivity index (χ3v) is 4.94. The summed E-state index contributed by atoms with van der Waals surface area (Å²) in [5, 5.41) is 7.85. The molecule has 1 heterocycles. The lowest BCUT2D eigenvalue weighted by Crippen LogP contribution is -2.32. The molecule has 0 unspecified atom stereocenters. The number of nitrogens with zero attached hydrogens (tertiary/aromatic N) is 2. The first-order valence-electron chi connectivity index (χ1n) is 10.1. The predicted octanol–water partition coefficient (Wildman–Crippen LogP) is 4.10. The van der Waals surface area contributed by atoms with Crippen molar-refractivity contribution < 1.29 is 9.59 Å². The van der Waals surface area contributed by atoms with Gasteiger partial charge in [0.1, 0.15) is 5.70 Å². The average Bonchev–Trinajstić information content (AvgIpc) is 3.15. The van der Waals surface area contributed by atoms with E-state index in [1.807, 2.05) is 78.5 Å². The molecule has 0 spiro atoms. The van der Waals surface area contributed by atoms with Crippen molar-refractivity contribution in [1.29, 1.82) is 0 Å². The lowest BCUT2D eigenvalue weighted by Gasteiger charge is -2.09. The first-order chi connectivity index (χ1) is 15.6. The van der Waals surface area contributed by atoms with Gasteiger partial charge in [-0.25, -0.2) is 5.43 Å². The maximum Gasteiger partial charge on any atom is 0.287 e. The van der Waals surface area contributed by atoms with Gasteiger partial charge in [0.15, 0.2) is 0 Å². The zero-order chi connectivity index (χ0) is 22.3. The summed E-state index contributed by atoms with van der Waals surface area (Å²) in [6, 6.07) is 26.0. The molecule has 2 N–H and O–H groups in total. The van der Waals surface area contributed by atoms with Crippen molar-refractivity contribution in [1.82, 2.24) is 15.3 Å². The van der Waals surface area contributed by atoms with Crippen LogP contribution in [0.4, 0.5) is 0 Å². The molecular formula is C26H22N4O2. The largest absolute Gasteiger partial charge is 0.350 e. The maximum absolute atomic E-state index is 12.9. The van der Waals surface area contributed by atoms with Crippen LogP contribution in [0.15, 0.2) is 102 Å². The van der Waals surface area contributed by atoms with E-state index in [1.54, 1.807) is 36.6 Å². The quantitative estimate of drug-likeness (QED) is 0.279. The molecule has 32 heavy (non-hydrogen) atoms. The van der Waals surface area contributed by atoms with Crippen LogP contribution in [-0.2, 0) is 11.8 Å². The van der Waals surface area contributed by atoms with Crippen molar-refractivity contribution in [3.63, 3.8) is 0 Å². The molecular weight excluding hydrogens is 400 g/mol. The van der Waals surface area contributed by atoms with E-state index < -0.39 is 5.91 Å². The molecule has 158 valence electrons. The number of hydrogen-bond acceptors (Lipinski definition) is 3. The second-order valence-electron chi connectivity index (χ2n) is 7.20. The molecule has 2 amide bonds. The number of carbonyl (C=O) groups excluding carboxylic acids is 2. The van der Waals surface area contributed by atoms with E-state index in [9.17, 15) is 9.59 Å². The Bertz CT molecular complexity index is 1310. The maximum atomic E-state index is 12.9. The Hall–Kier alpha value is -4.45. The molecule has 0 bridgehead atoms. The van der Waals surface area contributed by atoms with Gasteiger partial charge in [0.25, 0.3) is 11.8 Å². The van der Waals surface area contributed by atoms with Crippen LogP contribution in [-0.4, -0.2) is 22.6 Å². The van der Waals surface area contributed by atoms with Crippen LogP contribution in [0.2, 0.25) is 0 Å². The van der Waals surface area contributed by atoms with E-state index in [1.165, 1.54) is 0 Å². The van der Waals surface area contributed by atoms with Gasteiger partial charge in [0.05, 0.1) is 6.21 Å².